The second kappa shape index (κ2) is 4.75. The maximum absolute atomic E-state index is 11.4. The van der Waals surface area contributed by atoms with Crippen LogP contribution in [-0.4, -0.2) is 16.1 Å². The fraction of sp³-hybridized carbons (Fsp3) is 0.231. The van der Waals surface area contributed by atoms with Crippen LogP contribution < -0.4 is 0 Å². The third-order valence-electron chi connectivity index (χ3n) is 2.92. The van der Waals surface area contributed by atoms with Crippen LogP contribution in [0.1, 0.15) is 28.5 Å². The molecule has 1 heterocycles. The number of halogens is 2. The zero-order valence-electron chi connectivity index (χ0n) is 9.92. The van der Waals surface area contributed by atoms with Crippen LogP contribution in [0.4, 0.5) is 0 Å². The highest BCUT2D eigenvalue weighted by Crippen LogP contribution is 2.33. The van der Waals surface area contributed by atoms with E-state index in [-0.39, 0.29) is 5.56 Å². The Bertz CT molecular complexity index is 653. The van der Waals surface area contributed by atoms with E-state index in [0.29, 0.717) is 33.1 Å². The van der Waals surface area contributed by atoms with Crippen molar-refractivity contribution in [1.82, 2.24) is 4.98 Å². The molecule has 0 aliphatic rings. The summed E-state index contributed by atoms with van der Waals surface area (Å²) < 4.78 is 0. The van der Waals surface area contributed by atoms with Gasteiger partial charge in [0.1, 0.15) is 0 Å². The van der Waals surface area contributed by atoms with Gasteiger partial charge in [0.2, 0.25) is 0 Å². The van der Waals surface area contributed by atoms with Crippen molar-refractivity contribution >= 4 is 40.1 Å². The topological polar surface area (TPSA) is 50.2 Å². The summed E-state index contributed by atoms with van der Waals surface area (Å²) in [5, 5.41) is 10.6. The number of fused-ring (bicyclic) bond motifs is 1. The van der Waals surface area contributed by atoms with Crippen molar-refractivity contribution in [2.75, 3.05) is 0 Å². The number of rotatable bonds is 2. The van der Waals surface area contributed by atoms with Crippen molar-refractivity contribution in [1.29, 1.82) is 0 Å². The molecule has 0 unspecified atom stereocenters. The van der Waals surface area contributed by atoms with E-state index in [2.05, 4.69) is 4.98 Å². The standard InChI is InChI=1S/C13H11Cl2NO2/c1-3-7-6(2)16-12-8(10(7)13(17)18)4-5-9(14)11(12)15/h4-5H,3H2,1-2H3,(H,17,18). The Kier molecular flexibility index (Phi) is 3.46. The molecule has 3 nitrogen and oxygen atoms in total. The number of aryl methyl sites for hydroxylation is 1. The van der Waals surface area contributed by atoms with E-state index in [0.717, 1.165) is 5.56 Å². The number of hydrogen-bond acceptors (Lipinski definition) is 2. The van der Waals surface area contributed by atoms with Gasteiger partial charge >= 0.3 is 5.97 Å². The Labute approximate surface area is 114 Å². The molecule has 1 aromatic heterocycles. The third-order valence-corrected chi connectivity index (χ3v) is 3.72. The van der Waals surface area contributed by atoms with Gasteiger partial charge in [0.05, 0.1) is 21.1 Å². The highest BCUT2D eigenvalue weighted by atomic mass is 35.5. The molecule has 0 fully saturated rings. The van der Waals surface area contributed by atoms with Crippen LogP contribution in [0.15, 0.2) is 12.1 Å². The maximum atomic E-state index is 11.4. The van der Waals surface area contributed by atoms with Gasteiger partial charge < -0.3 is 5.11 Å². The second-order valence-corrected chi connectivity index (χ2v) is 4.75. The first kappa shape index (κ1) is 13.1. The number of nitrogens with zero attached hydrogens (tertiary/aromatic N) is 1. The van der Waals surface area contributed by atoms with E-state index in [9.17, 15) is 9.90 Å². The van der Waals surface area contributed by atoms with Crippen molar-refractivity contribution in [3.63, 3.8) is 0 Å². The van der Waals surface area contributed by atoms with Gasteiger partial charge in [-0.25, -0.2) is 4.79 Å². The first-order chi connectivity index (χ1) is 8.47. The van der Waals surface area contributed by atoms with Crippen molar-refractivity contribution in [3.05, 3.63) is 39.0 Å². The quantitative estimate of drug-likeness (QED) is 0.902. The van der Waals surface area contributed by atoms with Gasteiger partial charge in [0.15, 0.2) is 0 Å². The predicted molar refractivity (Wildman–Crippen MR) is 72.8 cm³/mol. The van der Waals surface area contributed by atoms with Gasteiger partial charge in [-0.3, -0.25) is 4.98 Å². The summed E-state index contributed by atoms with van der Waals surface area (Å²) in [5.74, 6) is -0.972. The minimum absolute atomic E-state index is 0.263. The molecule has 0 saturated carbocycles. The number of benzene rings is 1. The summed E-state index contributed by atoms with van der Waals surface area (Å²) in [6, 6.07) is 3.24. The monoisotopic (exact) mass is 283 g/mol. The van der Waals surface area contributed by atoms with Crippen LogP contribution >= 0.6 is 23.2 Å². The second-order valence-electron chi connectivity index (χ2n) is 3.97. The summed E-state index contributed by atoms with van der Waals surface area (Å²) in [6.45, 7) is 3.68. The Hall–Kier alpha value is -1.32. The molecule has 1 aromatic carbocycles. The van der Waals surface area contributed by atoms with Crippen molar-refractivity contribution in [2.24, 2.45) is 0 Å². The Morgan fingerprint density at radius 1 is 1.39 bits per heavy atom. The predicted octanol–water partition coefficient (Wildman–Crippen LogP) is 4.11. The van der Waals surface area contributed by atoms with E-state index >= 15 is 0 Å². The highest BCUT2D eigenvalue weighted by molar-refractivity contribution is 6.45. The number of aromatic nitrogens is 1. The molecule has 94 valence electrons. The lowest BCUT2D eigenvalue weighted by Crippen LogP contribution is -2.07. The van der Waals surface area contributed by atoms with Gasteiger partial charge in [0, 0.05) is 11.1 Å². The van der Waals surface area contributed by atoms with Crippen LogP contribution in [0, 0.1) is 6.92 Å². The smallest absolute Gasteiger partial charge is 0.336 e. The molecular weight excluding hydrogens is 273 g/mol. The number of carbonyl (C=O) groups is 1. The minimum atomic E-state index is -0.972. The number of carboxylic acid groups (broad SMARTS) is 1. The summed E-state index contributed by atoms with van der Waals surface area (Å²) >= 11 is 12.0. The summed E-state index contributed by atoms with van der Waals surface area (Å²) in [4.78, 5) is 15.8. The Morgan fingerprint density at radius 2 is 2.06 bits per heavy atom. The van der Waals surface area contributed by atoms with Gasteiger partial charge in [-0.15, -0.1) is 0 Å². The normalized spacial score (nSPS) is 10.9. The van der Waals surface area contributed by atoms with E-state index in [1.54, 1.807) is 19.1 Å². The SMILES string of the molecule is CCc1c(C)nc2c(Cl)c(Cl)ccc2c1C(=O)O. The first-order valence-corrected chi connectivity index (χ1v) is 6.23. The van der Waals surface area contributed by atoms with Crippen LogP contribution in [-0.2, 0) is 6.42 Å². The zero-order chi connectivity index (χ0) is 13.4. The van der Waals surface area contributed by atoms with Crippen molar-refractivity contribution in [3.8, 4) is 0 Å². The summed E-state index contributed by atoms with van der Waals surface area (Å²) in [6.07, 6.45) is 0.608. The molecule has 0 bridgehead atoms. The largest absolute Gasteiger partial charge is 0.478 e. The fourth-order valence-corrected chi connectivity index (χ4v) is 2.47. The lowest BCUT2D eigenvalue weighted by molar-refractivity contribution is 0.0697. The average molecular weight is 284 g/mol. The number of pyridine rings is 1. The maximum Gasteiger partial charge on any atom is 0.336 e. The lowest BCUT2D eigenvalue weighted by atomic mass is 9.99. The Balaban J connectivity index is 3.00. The fourth-order valence-electron chi connectivity index (χ4n) is 2.11. The van der Waals surface area contributed by atoms with Gasteiger partial charge in [0.25, 0.3) is 0 Å². The van der Waals surface area contributed by atoms with E-state index in [1.165, 1.54) is 0 Å². The molecule has 5 heteroatoms. The van der Waals surface area contributed by atoms with Crippen LogP contribution in [0.5, 0.6) is 0 Å². The minimum Gasteiger partial charge on any atom is -0.478 e. The van der Waals surface area contributed by atoms with E-state index < -0.39 is 5.97 Å². The molecule has 2 aromatic rings. The van der Waals surface area contributed by atoms with Crippen LogP contribution in [0.3, 0.4) is 0 Å². The number of hydrogen-bond donors (Lipinski definition) is 1. The first-order valence-electron chi connectivity index (χ1n) is 5.47. The molecule has 1 N–H and O–H groups in total. The summed E-state index contributed by atoms with van der Waals surface area (Å²) in [5.41, 5.74) is 2.11. The lowest BCUT2D eigenvalue weighted by Gasteiger charge is -2.12. The molecule has 2 rings (SSSR count). The highest BCUT2D eigenvalue weighted by Gasteiger charge is 2.19. The van der Waals surface area contributed by atoms with Crippen LogP contribution in [0.2, 0.25) is 10.0 Å². The van der Waals surface area contributed by atoms with Gasteiger partial charge in [-0.05, 0) is 25.0 Å². The molecule has 0 spiro atoms. The zero-order valence-corrected chi connectivity index (χ0v) is 11.4. The average Bonchev–Trinajstić information content (AvgIpc) is 2.32. The van der Waals surface area contributed by atoms with E-state index in [1.807, 2.05) is 6.92 Å². The molecule has 0 saturated heterocycles. The van der Waals surface area contributed by atoms with E-state index in [4.69, 9.17) is 23.2 Å². The Morgan fingerprint density at radius 3 is 2.61 bits per heavy atom. The van der Waals surface area contributed by atoms with Crippen molar-refractivity contribution < 1.29 is 9.90 Å². The molecule has 0 aliphatic carbocycles. The molecule has 0 aliphatic heterocycles. The van der Waals surface area contributed by atoms with Gasteiger partial charge in [-0.2, -0.15) is 0 Å². The molecule has 0 radical (unpaired) electrons. The molecule has 0 atom stereocenters. The molecule has 0 amide bonds. The van der Waals surface area contributed by atoms with Gasteiger partial charge in [-0.1, -0.05) is 36.2 Å². The van der Waals surface area contributed by atoms with Crippen molar-refractivity contribution in [2.45, 2.75) is 20.3 Å². The number of aromatic carboxylic acids is 1. The molecular formula is C13H11Cl2NO2. The number of carboxylic acids is 1. The molecule has 18 heavy (non-hydrogen) atoms. The van der Waals surface area contributed by atoms with Crippen LogP contribution in [0.25, 0.3) is 10.9 Å². The summed E-state index contributed by atoms with van der Waals surface area (Å²) in [7, 11) is 0. The third kappa shape index (κ3) is 1.93.